The summed E-state index contributed by atoms with van der Waals surface area (Å²) in [4.78, 5) is 16.7. The summed E-state index contributed by atoms with van der Waals surface area (Å²) in [5, 5.41) is 2.84. The van der Waals surface area contributed by atoms with Gasteiger partial charge in [0.1, 0.15) is 5.75 Å². The molecule has 0 bridgehead atoms. The van der Waals surface area contributed by atoms with Gasteiger partial charge in [-0.15, -0.1) is 0 Å². The summed E-state index contributed by atoms with van der Waals surface area (Å²) >= 11 is 6.11. The molecule has 3 aromatic rings. The lowest BCUT2D eigenvalue weighted by molar-refractivity contribution is -0.138. The highest BCUT2D eigenvalue weighted by molar-refractivity contribution is 6.33. The number of halogens is 4. The number of nitrogens with one attached hydrogen (secondary N) is 1. The highest BCUT2D eigenvalue weighted by Crippen LogP contribution is 2.38. The van der Waals surface area contributed by atoms with E-state index in [1.54, 1.807) is 24.4 Å². The Morgan fingerprint density at radius 2 is 1.93 bits per heavy atom. The van der Waals surface area contributed by atoms with Crippen molar-refractivity contribution in [1.82, 2.24) is 4.98 Å². The first kappa shape index (κ1) is 20.5. The Hall–Kier alpha value is -3.26. The standard InChI is InChI=1S/C20H15ClF3N3O2/c1-29-17-7-5-12(10-14(17)20(22,23)24)27-19(28)13-6-4-11(9-16(13)25)18-15(21)3-2-8-26-18/h2-10H,25H2,1H3,(H,27,28). The maximum absolute atomic E-state index is 13.1. The van der Waals surface area contributed by atoms with E-state index in [0.29, 0.717) is 16.3 Å². The van der Waals surface area contributed by atoms with Gasteiger partial charge in [0.15, 0.2) is 0 Å². The topological polar surface area (TPSA) is 77.2 Å². The highest BCUT2D eigenvalue weighted by atomic mass is 35.5. The zero-order valence-electron chi connectivity index (χ0n) is 15.0. The zero-order chi connectivity index (χ0) is 21.2. The van der Waals surface area contributed by atoms with Crippen LogP contribution < -0.4 is 15.8 Å². The summed E-state index contributed by atoms with van der Waals surface area (Å²) in [6.07, 6.45) is -3.06. The van der Waals surface area contributed by atoms with E-state index in [4.69, 9.17) is 22.1 Å². The van der Waals surface area contributed by atoms with Crippen molar-refractivity contribution in [3.63, 3.8) is 0 Å². The minimum atomic E-state index is -4.63. The minimum absolute atomic E-state index is 0.0422. The van der Waals surface area contributed by atoms with Gasteiger partial charge in [0, 0.05) is 23.1 Å². The van der Waals surface area contributed by atoms with Crippen molar-refractivity contribution in [1.29, 1.82) is 0 Å². The van der Waals surface area contributed by atoms with Gasteiger partial charge in [-0.1, -0.05) is 17.7 Å². The van der Waals surface area contributed by atoms with Gasteiger partial charge >= 0.3 is 6.18 Å². The summed E-state index contributed by atoms with van der Waals surface area (Å²) in [6, 6.07) is 11.2. The molecule has 1 aromatic heterocycles. The van der Waals surface area contributed by atoms with Crippen LogP contribution in [0.5, 0.6) is 5.75 Å². The fourth-order valence-electron chi connectivity index (χ4n) is 2.72. The number of anilines is 2. The molecule has 5 nitrogen and oxygen atoms in total. The number of ether oxygens (including phenoxy) is 1. The van der Waals surface area contributed by atoms with E-state index in [-0.39, 0.29) is 22.7 Å². The van der Waals surface area contributed by atoms with Crippen molar-refractivity contribution in [2.45, 2.75) is 6.18 Å². The highest BCUT2D eigenvalue weighted by Gasteiger charge is 2.34. The Balaban J connectivity index is 1.87. The third kappa shape index (κ3) is 4.43. The molecule has 1 amide bonds. The fraction of sp³-hybridized carbons (Fsp3) is 0.100. The van der Waals surface area contributed by atoms with Crippen molar-refractivity contribution < 1.29 is 22.7 Å². The molecule has 0 aliphatic carbocycles. The maximum atomic E-state index is 13.1. The number of pyridine rings is 1. The fourth-order valence-corrected chi connectivity index (χ4v) is 2.95. The predicted molar refractivity (Wildman–Crippen MR) is 105 cm³/mol. The number of methoxy groups -OCH3 is 1. The first-order valence-electron chi connectivity index (χ1n) is 8.27. The van der Waals surface area contributed by atoms with Crippen molar-refractivity contribution in [2.75, 3.05) is 18.2 Å². The van der Waals surface area contributed by atoms with Crippen molar-refractivity contribution in [3.05, 3.63) is 70.9 Å². The number of aromatic nitrogens is 1. The van der Waals surface area contributed by atoms with E-state index in [0.717, 1.165) is 19.2 Å². The first-order chi connectivity index (χ1) is 13.7. The average molecular weight is 422 g/mol. The molecule has 0 radical (unpaired) electrons. The van der Waals surface area contributed by atoms with Crippen LogP contribution in [0.1, 0.15) is 15.9 Å². The van der Waals surface area contributed by atoms with Crippen LogP contribution in [0.25, 0.3) is 11.3 Å². The SMILES string of the molecule is COc1ccc(NC(=O)c2ccc(-c3ncccc3Cl)cc2N)cc1C(F)(F)F. The summed E-state index contributed by atoms with van der Waals surface area (Å²) in [6.45, 7) is 0. The van der Waals surface area contributed by atoms with Gasteiger partial charge in [-0.2, -0.15) is 13.2 Å². The smallest absolute Gasteiger partial charge is 0.420 e. The largest absolute Gasteiger partial charge is 0.496 e. The average Bonchev–Trinajstić information content (AvgIpc) is 2.67. The molecule has 3 N–H and O–H groups in total. The van der Waals surface area contributed by atoms with Crippen LogP contribution in [0.15, 0.2) is 54.7 Å². The predicted octanol–water partition coefficient (Wildman–Crippen LogP) is 5.26. The van der Waals surface area contributed by atoms with Crippen LogP contribution in [0.3, 0.4) is 0 Å². The van der Waals surface area contributed by atoms with Crippen LogP contribution in [-0.2, 0) is 6.18 Å². The molecule has 0 saturated heterocycles. The van der Waals surface area contributed by atoms with Crippen LogP contribution in [-0.4, -0.2) is 18.0 Å². The number of carbonyl (C=O) groups is 1. The molecule has 0 aliphatic rings. The lowest BCUT2D eigenvalue weighted by Gasteiger charge is -2.14. The van der Waals surface area contributed by atoms with E-state index in [1.165, 1.54) is 18.2 Å². The monoisotopic (exact) mass is 421 g/mol. The molecule has 0 aliphatic heterocycles. The Morgan fingerprint density at radius 3 is 2.55 bits per heavy atom. The van der Waals surface area contributed by atoms with Gasteiger partial charge in [-0.05, 0) is 42.5 Å². The number of alkyl halides is 3. The Labute approximate surface area is 169 Å². The molecule has 3 rings (SSSR count). The third-order valence-electron chi connectivity index (χ3n) is 4.09. The second-order valence-corrected chi connectivity index (χ2v) is 6.41. The van der Waals surface area contributed by atoms with Crippen molar-refractivity contribution >= 4 is 28.9 Å². The lowest BCUT2D eigenvalue weighted by Crippen LogP contribution is -2.15. The van der Waals surface area contributed by atoms with E-state index in [1.807, 2.05) is 0 Å². The first-order valence-corrected chi connectivity index (χ1v) is 8.65. The second-order valence-electron chi connectivity index (χ2n) is 6.00. The number of benzene rings is 2. The summed E-state index contributed by atoms with van der Waals surface area (Å²) < 4.78 is 44.2. The molecule has 2 aromatic carbocycles. The minimum Gasteiger partial charge on any atom is -0.496 e. The molecule has 0 atom stereocenters. The number of hydrogen-bond donors (Lipinski definition) is 2. The van der Waals surface area contributed by atoms with Crippen molar-refractivity contribution in [2.24, 2.45) is 0 Å². The Kier molecular flexibility index (Phi) is 5.65. The van der Waals surface area contributed by atoms with Gasteiger partial charge in [0.25, 0.3) is 5.91 Å². The number of nitrogens with two attached hydrogens (primary N) is 1. The lowest BCUT2D eigenvalue weighted by atomic mass is 10.1. The quantitative estimate of drug-likeness (QED) is 0.563. The van der Waals surface area contributed by atoms with E-state index < -0.39 is 17.6 Å². The molecule has 0 saturated carbocycles. The Bertz CT molecular complexity index is 1070. The molecular weight excluding hydrogens is 407 g/mol. The number of carbonyl (C=O) groups excluding carboxylic acids is 1. The molecule has 0 unspecified atom stereocenters. The molecule has 9 heteroatoms. The molecule has 0 fully saturated rings. The van der Waals surface area contributed by atoms with Crippen molar-refractivity contribution in [3.8, 4) is 17.0 Å². The zero-order valence-corrected chi connectivity index (χ0v) is 15.8. The Morgan fingerprint density at radius 1 is 1.17 bits per heavy atom. The van der Waals surface area contributed by atoms with Gasteiger partial charge in [0.2, 0.25) is 0 Å². The van der Waals surface area contributed by atoms with Crippen LogP contribution in [0, 0.1) is 0 Å². The van der Waals surface area contributed by atoms with Gasteiger partial charge in [-0.3, -0.25) is 9.78 Å². The van der Waals surface area contributed by atoms with E-state index in [2.05, 4.69) is 10.3 Å². The molecular formula is C20H15ClF3N3O2. The van der Waals surface area contributed by atoms with Crippen LogP contribution in [0.4, 0.5) is 24.5 Å². The summed E-state index contributed by atoms with van der Waals surface area (Å²) in [7, 11) is 1.14. The molecule has 29 heavy (non-hydrogen) atoms. The van der Waals surface area contributed by atoms with E-state index >= 15 is 0 Å². The van der Waals surface area contributed by atoms with Crippen LogP contribution >= 0.6 is 11.6 Å². The second kappa shape index (κ2) is 8.00. The molecule has 150 valence electrons. The van der Waals surface area contributed by atoms with Gasteiger partial charge in [-0.25, -0.2) is 0 Å². The van der Waals surface area contributed by atoms with E-state index in [9.17, 15) is 18.0 Å². The van der Waals surface area contributed by atoms with Gasteiger partial charge in [0.05, 0.1) is 29.0 Å². The molecule has 1 heterocycles. The number of nitrogen functional groups attached to an aromatic ring is 1. The van der Waals surface area contributed by atoms with Gasteiger partial charge < -0.3 is 15.8 Å². The number of rotatable bonds is 4. The molecule has 0 spiro atoms. The third-order valence-corrected chi connectivity index (χ3v) is 4.40. The van der Waals surface area contributed by atoms with Crippen LogP contribution in [0.2, 0.25) is 5.02 Å². The number of amides is 1. The number of hydrogen-bond acceptors (Lipinski definition) is 4. The number of nitrogens with zero attached hydrogens (tertiary/aromatic N) is 1. The summed E-state index contributed by atoms with van der Waals surface area (Å²) in [5.74, 6) is -0.994. The summed E-state index contributed by atoms with van der Waals surface area (Å²) in [5.41, 5.74) is 6.28. The maximum Gasteiger partial charge on any atom is 0.420 e. The normalized spacial score (nSPS) is 11.2.